The minimum absolute atomic E-state index is 0.263. The van der Waals surface area contributed by atoms with Gasteiger partial charge in [-0.3, -0.25) is 19.2 Å². The molecule has 3 unspecified atom stereocenters. The molecule has 3 heterocycles. The highest BCUT2D eigenvalue weighted by Gasteiger charge is 2.56. The number of rotatable bonds is 10. The van der Waals surface area contributed by atoms with Gasteiger partial charge in [0.1, 0.15) is 5.25 Å². The van der Waals surface area contributed by atoms with Crippen LogP contribution in [-0.4, -0.2) is 53.7 Å². The predicted octanol–water partition coefficient (Wildman–Crippen LogP) is 4.83. The van der Waals surface area contributed by atoms with Gasteiger partial charge in [0.05, 0.1) is 35.4 Å². The van der Waals surface area contributed by atoms with Crippen LogP contribution in [-0.2, 0) is 19.1 Å². The van der Waals surface area contributed by atoms with E-state index in [1.54, 1.807) is 73.7 Å². The van der Waals surface area contributed by atoms with Crippen LogP contribution >= 0.6 is 23.1 Å². The van der Waals surface area contributed by atoms with Crippen molar-refractivity contribution in [1.82, 2.24) is 4.98 Å². The van der Waals surface area contributed by atoms with Gasteiger partial charge in [-0.1, -0.05) is 47.4 Å². The molecule has 3 aromatic carbocycles. The number of aromatic amines is 1. The van der Waals surface area contributed by atoms with Crippen molar-refractivity contribution in [2.45, 2.75) is 30.0 Å². The highest BCUT2D eigenvalue weighted by molar-refractivity contribution is 8.00. The minimum Gasteiger partial charge on any atom is -0.490 e. The van der Waals surface area contributed by atoms with E-state index in [0.717, 1.165) is 11.3 Å². The number of benzene rings is 3. The number of thiazole rings is 1. The first-order valence-corrected chi connectivity index (χ1v) is 16.3. The van der Waals surface area contributed by atoms with Crippen molar-refractivity contribution in [2.24, 2.45) is 5.92 Å². The first-order chi connectivity index (χ1) is 22.3. The average molecular weight is 660 g/mol. The fourth-order valence-electron chi connectivity index (χ4n) is 5.56. The number of thioether (sulfide) groups is 1. The molecule has 0 radical (unpaired) electrons. The molecule has 13 heteroatoms. The van der Waals surface area contributed by atoms with Crippen LogP contribution in [0.5, 0.6) is 11.5 Å². The lowest BCUT2D eigenvalue weighted by Gasteiger charge is -2.30. The van der Waals surface area contributed by atoms with Crippen LogP contribution in [0.2, 0.25) is 0 Å². The van der Waals surface area contributed by atoms with Crippen molar-refractivity contribution in [3.05, 3.63) is 98.5 Å². The molecule has 2 N–H and O–H groups in total. The summed E-state index contributed by atoms with van der Waals surface area (Å²) in [6.45, 7) is 3.77. The first kappa shape index (κ1) is 31.1. The second-order valence-corrected chi connectivity index (χ2v) is 12.5. The molecule has 2 aliphatic heterocycles. The molecule has 1 fully saturated rings. The summed E-state index contributed by atoms with van der Waals surface area (Å²) in [4.78, 5) is 69.0. The Balaban J connectivity index is 1.24. The van der Waals surface area contributed by atoms with Gasteiger partial charge in [-0.25, -0.2) is 9.69 Å². The molecule has 6 rings (SSSR count). The Morgan fingerprint density at radius 3 is 2.37 bits per heavy atom. The molecule has 0 aliphatic carbocycles. The number of anilines is 2. The summed E-state index contributed by atoms with van der Waals surface area (Å²) in [6.07, 6.45) is 0. The fraction of sp³-hybridized carbons (Fsp3) is 0.242. The molecule has 11 nitrogen and oxygen atoms in total. The molecule has 0 saturated carbocycles. The van der Waals surface area contributed by atoms with Crippen LogP contribution in [0.15, 0.2) is 82.6 Å². The highest BCUT2D eigenvalue weighted by Crippen LogP contribution is 2.53. The molecule has 1 saturated heterocycles. The summed E-state index contributed by atoms with van der Waals surface area (Å²) in [5.41, 5.74) is 2.02. The second-order valence-electron chi connectivity index (χ2n) is 10.4. The third-order valence-electron chi connectivity index (χ3n) is 7.50. The van der Waals surface area contributed by atoms with Crippen LogP contribution in [0.3, 0.4) is 0 Å². The van der Waals surface area contributed by atoms with Gasteiger partial charge in [0, 0.05) is 16.5 Å². The largest absolute Gasteiger partial charge is 0.490 e. The molecule has 3 amide bonds. The highest BCUT2D eigenvalue weighted by atomic mass is 32.2. The number of para-hydroxylation sites is 1. The topological polar surface area (TPSA) is 144 Å². The standard InChI is InChI=1S/C33H29N3O8S2/c1-3-42-23-16-19(12-15-22(23)44-17-24(37)34-20-13-10-18(11-14-20)32(40)43-4-2)25-26-28(45-29-27(25)46-33(41)35-29)31(39)36(30(26)38)21-8-6-5-7-9-21/h5-16,25-26,28H,3-4,17H2,1-2H3,(H,34,37)(H,35,41). The lowest BCUT2D eigenvalue weighted by atomic mass is 9.83. The number of aromatic nitrogens is 1. The van der Waals surface area contributed by atoms with E-state index in [0.29, 0.717) is 50.5 Å². The minimum atomic E-state index is -0.751. The zero-order valence-electron chi connectivity index (χ0n) is 24.8. The number of nitrogens with one attached hydrogen (secondary N) is 2. The number of amides is 3. The van der Waals surface area contributed by atoms with Gasteiger partial charge in [0.2, 0.25) is 11.8 Å². The number of nitrogens with zero attached hydrogens (tertiary/aromatic N) is 1. The van der Waals surface area contributed by atoms with Gasteiger partial charge in [0.25, 0.3) is 5.91 Å². The van der Waals surface area contributed by atoms with Crippen LogP contribution < -0.4 is 24.6 Å². The van der Waals surface area contributed by atoms with Crippen molar-refractivity contribution >= 4 is 58.2 Å². The summed E-state index contributed by atoms with van der Waals surface area (Å²) in [5.74, 6) is -2.23. The van der Waals surface area contributed by atoms with E-state index < -0.39 is 29.0 Å². The molecule has 0 bridgehead atoms. The Hall–Kier alpha value is -4.88. The van der Waals surface area contributed by atoms with Crippen LogP contribution in [0.1, 0.15) is 40.6 Å². The molecular weight excluding hydrogens is 631 g/mol. The van der Waals surface area contributed by atoms with Gasteiger partial charge in [-0.15, -0.1) is 0 Å². The van der Waals surface area contributed by atoms with Gasteiger partial charge in [-0.2, -0.15) is 0 Å². The van der Waals surface area contributed by atoms with Gasteiger partial charge < -0.3 is 24.5 Å². The molecule has 2 aliphatic rings. The summed E-state index contributed by atoms with van der Waals surface area (Å²) >= 11 is 2.23. The number of H-pyrrole nitrogens is 1. The number of carbonyl (C=O) groups is 4. The van der Waals surface area contributed by atoms with Crippen molar-refractivity contribution in [2.75, 3.05) is 30.0 Å². The van der Waals surface area contributed by atoms with E-state index in [2.05, 4.69) is 10.3 Å². The summed E-state index contributed by atoms with van der Waals surface area (Å²) in [7, 11) is 0. The maximum Gasteiger partial charge on any atom is 0.338 e. The molecule has 0 spiro atoms. The predicted molar refractivity (Wildman–Crippen MR) is 173 cm³/mol. The van der Waals surface area contributed by atoms with Crippen molar-refractivity contribution in [3.8, 4) is 11.5 Å². The fourth-order valence-corrected chi connectivity index (χ4v) is 8.07. The van der Waals surface area contributed by atoms with Gasteiger partial charge in [0.15, 0.2) is 18.1 Å². The van der Waals surface area contributed by atoms with Crippen LogP contribution in [0, 0.1) is 5.92 Å². The zero-order chi connectivity index (χ0) is 32.4. The Morgan fingerprint density at radius 1 is 0.891 bits per heavy atom. The van der Waals surface area contributed by atoms with E-state index in [9.17, 15) is 24.0 Å². The number of ether oxygens (including phenoxy) is 3. The van der Waals surface area contributed by atoms with E-state index in [4.69, 9.17) is 14.2 Å². The van der Waals surface area contributed by atoms with Crippen molar-refractivity contribution in [1.29, 1.82) is 0 Å². The summed E-state index contributed by atoms with van der Waals surface area (Å²) in [6, 6.07) is 20.3. The van der Waals surface area contributed by atoms with Crippen LogP contribution in [0.25, 0.3) is 0 Å². The molecule has 236 valence electrons. The Morgan fingerprint density at radius 2 is 1.65 bits per heavy atom. The van der Waals surface area contributed by atoms with Crippen molar-refractivity contribution in [3.63, 3.8) is 0 Å². The zero-order valence-corrected chi connectivity index (χ0v) is 26.4. The maximum absolute atomic E-state index is 13.9. The number of imide groups is 1. The first-order valence-electron chi connectivity index (χ1n) is 14.6. The van der Waals surface area contributed by atoms with E-state index in [1.807, 2.05) is 13.0 Å². The number of hydrogen-bond acceptors (Lipinski definition) is 10. The lowest BCUT2D eigenvalue weighted by molar-refractivity contribution is -0.122. The molecule has 4 aromatic rings. The third-order valence-corrected chi connectivity index (χ3v) is 9.90. The SMILES string of the molecule is CCOC(=O)c1ccc(NC(=O)COc2ccc(C3c4sc(=O)[nH]c4SC4C(=O)N(c5ccccc5)C(=O)C43)cc2OCC)cc1. The lowest BCUT2D eigenvalue weighted by Crippen LogP contribution is -2.32. The Kier molecular flexibility index (Phi) is 8.95. The number of carbonyl (C=O) groups excluding carboxylic acids is 4. The monoisotopic (exact) mass is 659 g/mol. The molecule has 1 aromatic heterocycles. The normalized spacial score (nSPS) is 18.5. The molecular formula is C33H29N3O8S2. The number of hydrogen-bond donors (Lipinski definition) is 2. The Labute approximate surface area is 271 Å². The number of fused-ring (bicyclic) bond motifs is 2. The average Bonchev–Trinajstić information content (AvgIpc) is 3.55. The summed E-state index contributed by atoms with van der Waals surface area (Å²) < 4.78 is 16.7. The van der Waals surface area contributed by atoms with Crippen LogP contribution in [0.4, 0.5) is 11.4 Å². The third kappa shape index (κ3) is 6.03. The van der Waals surface area contributed by atoms with E-state index in [-0.39, 0.29) is 29.9 Å². The second kappa shape index (κ2) is 13.2. The smallest absolute Gasteiger partial charge is 0.338 e. The maximum atomic E-state index is 13.9. The molecule has 3 atom stereocenters. The van der Waals surface area contributed by atoms with E-state index in [1.165, 1.54) is 16.7 Å². The number of esters is 1. The van der Waals surface area contributed by atoms with Gasteiger partial charge >= 0.3 is 10.8 Å². The quantitative estimate of drug-likeness (QED) is 0.181. The van der Waals surface area contributed by atoms with Gasteiger partial charge in [-0.05, 0) is 67.9 Å². The Bertz CT molecular complexity index is 1850. The summed E-state index contributed by atoms with van der Waals surface area (Å²) in [5, 5.41) is 2.57. The van der Waals surface area contributed by atoms with Crippen molar-refractivity contribution < 1.29 is 33.4 Å². The molecule has 46 heavy (non-hydrogen) atoms. The van der Waals surface area contributed by atoms with E-state index >= 15 is 0 Å².